The van der Waals surface area contributed by atoms with E-state index < -0.39 is 0 Å². The molecular formula is C26H24ClN5O4. The lowest BCUT2D eigenvalue weighted by Crippen LogP contribution is -2.28. The number of hydrogen-bond acceptors (Lipinski definition) is 7. The minimum Gasteiger partial charge on any atom is -0.456 e. The van der Waals surface area contributed by atoms with Crippen LogP contribution in [0.2, 0.25) is 5.02 Å². The molecule has 0 aliphatic rings. The van der Waals surface area contributed by atoms with E-state index in [1.807, 2.05) is 12.1 Å². The van der Waals surface area contributed by atoms with E-state index in [1.54, 1.807) is 55.5 Å². The second-order valence-corrected chi connectivity index (χ2v) is 8.25. The Kier molecular flexibility index (Phi) is 7.94. The quantitative estimate of drug-likeness (QED) is 0.301. The van der Waals surface area contributed by atoms with E-state index in [9.17, 15) is 9.59 Å². The average Bonchev–Trinajstić information content (AvgIpc) is 2.90. The number of pyridine rings is 1. The molecule has 2 aromatic carbocycles. The minimum atomic E-state index is -0.386. The van der Waals surface area contributed by atoms with E-state index >= 15 is 0 Å². The van der Waals surface area contributed by atoms with Gasteiger partial charge in [0.15, 0.2) is 0 Å². The van der Waals surface area contributed by atoms with E-state index in [-0.39, 0.29) is 36.7 Å². The van der Waals surface area contributed by atoms with Crippen LogP contribution in [0.4, 0.5) is 17.3 Å². The van der Waals surface area contributed by atoms with Crippen LogP contribution in [-0.2, 0) is 17.9 Å². The summed E-state index contributed by atoms with van der Waals surface area (Å²) in [4.78, 5) is 33.6. The van der Waals surface area contributed by atoms with Crippen molar-refractivity contribution in [3.05, 3.63) is 99.7 Å². The SMILES string of the molecule is CCC(=O)Nc1cnc(Nc2ccc(Oc3ccc(CO)nc3)cc2)n(Cc2ccc(Cl)cc2)c1=O. The molecule has 3 N–H and O–H groups in total. The molecule has 2 aromatic heterocycles. The zero-order chi connectivity index (χ0) is 25.5. The zero-order valence-electron chi connectivity index (χ0n) is 19.4. The number of aliphatic hydroxyl groups excluding tert-OH is 1. The van der Waals surface area contributed by atoms with Gasteiger partial charge < -0.3 is 20.5 Å². The molecule has 0 aliphatic heterocycles. The van der Waals surface area contributed by atoms with Crippen molar-refractivity contribution in [3.63, 3.8) is 0 Å². The summed E-state index contributed by atoms with van der Waals surface area (Å²) in [5.74, 6) is 1.16. The van der Waals surface area contributed by atoms with E-state index in [4.69, 9.17) is 21.4 Å². The third-order valence-corrected chi connectivity index (χ3v) is 5.45. The van der Waals surface area contributed by atoms with Crippen LogP contribution >= 0.6 is 11.6 Å². The maximum absolute atomic E-state index is 13.2. The summed E-state index contributed by atoms with van der Waals surface area (Å²) in [6.45, 7) is 1.79. The van der Waals surface area contributed by atoms with Crippen molar-refractivity contribution < 1.29 is 14.6 Å². The summed E-state index contributed by atoms with van der Waals surface area (Å²) in [5.41, 5.74) is 1.79. The molecule has 184 valence electrons. The number of nitrogens with zero attached hydrogens (tertiary/aromatic N) is 3. The van der Waals surface area contributed by atoms with Gasteiger partial charge in [-0.25, -0.2) is 4.98 Å². The van der Waals surface area contributed by atoms with Crippen LogP contribution in [0, 0.1) is 0 Å². The van der Waals surface area contributed by atoms with Crippen molar-refractivity contribution in [2.75, 3.05) is 10.6 Å². The number of ether oxygens (including phenoxy) is 1. The van der Waals surface area contributed by atoms with Crippen LogP contribution in [0.3, 0.4) is 0 Å². The van der Waals surface area contributed by atoms with Crippen molar-refractivity contribution in [2.24, 2.45) is 0 Å². The molecule has 0 atom stereocenters. The van der Waals surface area contributed by atoms with Gasteiger partial charge in [-0.3, -0.25) is 19.1 Å². The van der Waals surface area contributed by atoms with Crippen molar-refractivity contribution in [3.8, 4) is 11.5 Å². The predicted octanol–water partition coefficient (Wildman–Crippen LogP) is 4.72. The van der Waals surface area contributed by atoms with Crippen LogP contribution < -0.4 is 20.9 Å². The fourth-order valence-corrected chi connectivity index (χ4v) is 3.40. The lowest BCUT2D eigenvalue weighted by molar-refractivity contribution is -0.115. The van der Waals surface area contributed by atoms with Crippen LogP contribution in [-0.4, -0.2) is 25.5 Å². The molecule has 4 aromatic rings. The Hall–Kier alpha value is -4.21. The number of amides is 1. The van der Waals surface area contributed by atoms with E-state index in [0.717, 1.165) is 5.56 Å². The molecule has 4 rings (SSSR count). The molecule has 2 heterocycles. The van der Waals surface area contributed by atoms with Gasteiger partial charge in [-0.05, 0) is 54.1 Å². The highest BCUT2D eigenvalue weighted by Gasteiger charge is 2.13. The molecule has 0 saturated heterocycles. The smallest absolute Gasteiger partial charge is 0.279 e. The van der Waals surface area contributed by atoms with Gasteiger partial charge in [-0.2, -0.15) is 0 Å². The van der Waals surface area contributed by atoms with Crippen LogP contribution in [0.1, 0.15) is 24.6 Å². The van der Waals surface area contributed by atoms with Crippen molar-refractivity contribution >= 4 is 34.8 Å². The summed E-state index contributed by atoms with van der Waals surface area (Å²) in [6.07, 6.45) is 3.12. The molecular weight excluding hydrogens is 482 g/mol. The van der Waals surface area contributed by atoms with Crippen LogP contribution in [0.25, 0.3) is 0 Å². The topological polar surface area (TPSA) is 118 Å². The second-order valence-electron chi connectivity index (χ2n) is 7.81. The number of carbonyl (C=O) groups excluding carboxylic acids is 1. The summed E-state index contributed by atoms with van der Waals surface area (Å²) in [6, 6.07) is 17.7. The number of halogens is 1. The van der Waals surface area contributed by atoms with Gasteiger partial charge in [-0.15, -0.1) is 0 Å². The van der Waals surface area contributed by atoms with Gasteiger partial charge in [0.2, 0.25) is 11.9 Å². The Bertz CT molecular complexity index is 1390. The Morgan fingerprint density at radius 2 is 1.72 bits per heavy atom. The normalized spacial score (nSPS) is 10.6. The molecule has 10 heteroatoms. The first-order valence-electron chi connectivity index (χ1n) is 11.2. The van der Waals surface area contributed by atoms with E-state index in [0.29, 0.717) is 33.9 Å². The number of benzene rings is 2. The Morgan fingerprint density at radius 3 is 2.36 bits per heavy atom. The third kappa shape index (κ3) is 6.26. The highest BCUT2D eigenvalue weighted by Crippen LogP contribution is 2.24. The number of hydrogen-bond donors (Lipinski definition) is 3. The molecule has 36 heavy (non-hydrogen) atoms. The van der Waals surface area contributed by atoms with Gasteiger partial charge >= 0.3 is 0 Å². The van der Waals surface area contributed by atoms with Crippen molar-refractivity contribution in [2.45, 2.75) is 26.5 Å². The first-order valence-corrected chi connectivity index (χ1v) is 11.6. The highest BCUT2D eigenvalue weighted by molar-refractivity contribution is 6.30. The van der Waals surface area contributed by atoms with Gasteiger partial charge in [0, 0.05) is 17.1 Å². The van der Waals surface area contributed by atoms with Gasteiger partial charge in [0.25, 0.3) is 5.56 Å². The summed E-state index contributed by atoms with van der Waals surface area (Å²) < 4.78 is 7.24. The Morgan fingerprint density at radius 1 is 1.00 bits per heavy atom. The molecule has 0 fully saturated rings. The predicted molar refractivity (Wildman–Crippen MR) is 138 cm³/mol. The maximum atomic E-state index is 13.2. The van der Waals surface area contributed by atoms with Gasteiger partial charge in [0.05, 0.1) is 31.2 Å². The lowest BCUT2D eigenvalue weighted by Gasteiger charge is -2.16. The Labute approximate surface area is 212 Å². The number of nitrogens with one attached hydrogen (secondary N) is 2. The molecule has 0 spiro atoms. The van der Waals surface area contributed by atoms with Gasteiger partial charge in [0.1, 0.15) is 17.2 Å². The maximum Gasteiger partial charge on any atom is 0.279 e. The minimum absolute atomic E-state index is 0.103. The molecule has 0 unspecified atom stereocenters. The third-order valence-electron chi connectivity index (χ3n) is 5.20. The van der Waals surface area contributed by atoms with Crippen molar-refractivity contribution in [1.82, 2.24) is 14.5 Å². The summed E-state index contributed by atoms with van der Waals surface area (Å²) in [7, 11) is 0. The molecule has 0 radical (unpaired) electrons. The number of anilines is 3. The molecule has 1 amide bonds. The standard InChI is InChI=1S/C26H24ClN5O4/c1-2-24(34)31-23-14-29-26(32(25(23)35)15-17-3-5-18(27)6-4-17)30-19-7-10-21(11-8-19)36-22-12-9-20(16-33)28-13-22/h3-14,33H,2,15-16H2,1H3,(H,29,30)(H,31,34). The molecule has 0 bridgehead atoms. The molecule has 9 nitrogen and oxygen atoms in total. The number of carbonyl (C=O) groups is 1. The molecule has 0 aliphatic carbocycles. The fraction of sp³-hybridized carbons (Fsp3) is 0.154. The molecule has 0 saturated carbocycles. The first kappa shape index (κ1) is 24.9. The number of aliphatic hydroxyl groups is 1. The van der Waals surface area contributed by atoms with Crippen molar-refractivity contribution in [1.29, 1.82) is 0 Å². The fourth-order valence-electron chi connectivity index (χ4n) is 3.27. The number of rotatable bonds is 9. The van der Waals surface area contributed by atoms with E-state index in [1.165, 1.54) is 17.0 Å². The summed E-state index contributed by atoms with van der Waals surface area (Å²) in [5, 5.41) is 15.5. The van der Waals surface area contributed by atoms with E-state index in [2.05, 4.69) is 20.6 Å². The Balaban J connectivity index is 1.57. The summed E-state index contributed by atoms with van der Waals surface area (Å²) >= 11 is 6.00. The number of aromatic nitrogens is 3. The second kappa shape index (κ2) is 11.5. The first-order chi connectivity index (χ1) is 17.4. The van der Waals surface area contributed by atoms with Crippen LogP contribution in [0.15, 0.2) is 77.9 Å². The van der Waals surface area contributed by atoms with Crippen LogP contribution in [0.5, 0.6) is 11.5 Å². The average molecular weight is 506 g/mol. The monoisotopic (exact) mass is 505 g/mol. The zero-order valence-corrected chi connectivity index (χ0v) is 20.2. The van der Waals surface area contributed by atoms with Gasteiger partial charge in [-0.1, -0.05) is 30.7 Å². The highest BCUT2D eigenvalue weighted by atomic mass is 35.5. The largest absolute Gasteiger partial charge is 0.456 e. The lowest BCUT2D eigenvalue weighted by atomic mass is 10.2.